The zero-order valence-corrected chi connectivity index (χ0v) is 8.29. The van der Waals surface area contributed by atoms with E-state index < -0.39 is 5.37 Å². The summed E-state index contributed by atoms with van der Waals surface area (Å²) in [5, 5.41) is -0.423. The Labute approximate surface area is 83.1 Å². The minimum absolute atomic E-state index is 0.423. The molecule has 0 radical (unpaired) electrons. The molecule has 0 aliphatic rings. The van der Waals surface area contributed by atoms with Crippen LogP contribution in [0.3, 0.4) is 0 Å². The lowest BCUT2D eigenvalue weighted by molar-refractivity contribution is 0.264. The van der Waals surface area contributed by atoms with Gasteiger partial charge in [0.2, 0.25) is 0 Å². The first kappa shape index (κ1) is 10.1. The summed E-state index contributed by atoms with van der Waals surface area (Å²) in [6, 6.07) is 9.42. The predicted molar refractivity (Wildman–Crippen MR) is 55.3 cm³/mol. The van der Waals surface area contributed by atoms with E-state index in [9.17, 15) is 4.79 Å². The molecule has 70 valence electrons. The van der Waals surface area contributed by atoms with E-state index in [2.05, 4.69) is 0 Å². The number of rotatable bonds is 3. The third-order valence-electron chi connectivity index (χ3n) is 1.73. The summed E-state index contributed by atoms with van der Waals surface area (Å²) in [5.74, 6) is 0. The smallest absolute Gasteiger partial charge is 0.299 e. The number of benzene rings is 1. The number of para-hydroxylation sites is 1. The fourth-order valence-corrected chi connectivity index (χ4v) is 1.33. The van der Waals surface area contributed by atoms with Crippen molar-refractivity contribution in [3.05, 3.63) is 30.3 Å². The number of carbonyl (C=O) groups excluding carboxylic acids is 1. The molecule has 0 saturated heterocycles. The van der Waals surface area contributed by atoms with Crippen LogP contribution in [0.4, 0.5) is 10.5 Å². The quantitative estimate of drug-likeness (QED) is 0.538. The topological polar surface area (TPSA) is 20.3 Å². The van der Waals surface area contributed by atoms with Crippen molar-refractivity contribution in [1.82, 2.24) is 0 Å². The number of halogens is 1. The van der Waals surface area contributed by atoms with Crippen LogP contribution in [0.2, 0.25) is 0 Å². The Morgan fingerprint density at radius 1 is 1.38 bits per heavy atom. The molecule has 3 heteroatoms. The largest absolute Gasteiger partial charge is 0.320 e. The molecule has 0 N–H and O–H groups in total. The number of anilines is 1. The van der Waals surface area contributed by atoms with Crippen molar-refractivity contribution < 1.29 is 4.79 Å². The molecule has 13 heavy (non-hydrogen) atoms. The molecule has 0 spiro atoms. The average Bonchev–Trinajstić information content (AvgIpc) is 2.15. The van der Waals surface area contributed by atoms with Gasteiger partial charge >= 0.3 is 5.37 Å². The number of hydrogen-bond donors (Lipinski definition) is 0. The van der Waals surface area contributed by atoms with Crippen LogP contribution in [-0.4, -0.2) is 11.9 Å². The van der Waals surface area contributed by atoms with Gasteiger partial charge in [-0.15, -0.1) is 0 Å². The van der Waals surface area contributed by atoms with Gasteiger partial charge in [0.1, 0.15) is 0 Å². The minimum atomic E-state index is -0.423. The maximum atomic E-state index is 11.0. The second kappa shape index (κ2) is 4.87. The normalized spacial score (nSPS) is 9.69. The Morgan fingerprint density at radius 3 is 2.46 bits per heavy atom. The van der Waals surface area contributed by atoms with Gasteiger partial charge in [-0.1, -0.05) is 25.1 Å². The highest BCUT2D eigenvalue weighted by molar-refractivity contribution is 6.66. The molecule has 1 aromatic carbocycles. The lowest BCUT2D eigenvalue weighted by atomic mass is 10.3. The molecule has 0 fully saturated rings. The second-order valence-electron chi connectivity index (χ2n) is 2.74. The van der Waals surface area contributed by atoms with Gasteiger partial charge in [-0.2, -0.15) is 0 Å². The fraction of sp³-hybridized carbons (Fsp3) is 0.300. The van der Waals surface area contributed by atoms with E-state index in [0.717, 1.165) is 12.1 Å². The summed E-state index contributed by atoms with van der Waals surface area (Å²) in [4.78, 5) is 12.6. The number of carbonyl (C=O) groups is 1. The van der Waals surface area contributed by atoms with Crippen LogP contribution in [0.1, 0.15) is 13.3 Å². The molecule has 0 unspecified atom stereocenters. The van der Waals surface area contributed by atoms with Crippen LogP contribution in [0.5, 0.6) is 0 Å². The molecule has 0 aromatic heterocycles. The van der Waals surface area contributed by atoms with Gasteiger partial charge in [-0.3, -0.25) is 9.69 Å². The lowest BCUT2D eigenvalue weighted by Gasteiger charge is -2.18. The molecule has 0 aliphatic heterocycles. The van der Waals surface area contributed by atoms with E-state index in [1.165, 1.54) is 0 Å². The number of amides is 1. The van der Waals surface area contributed by atoms with Crippen molar-refractivity contribution in [3.8, 4) is 0 Å². The van der Waals surface area contributed by atoms with Crippen LogP contribution in [0.25, 0.3) is 0 Å². The van der Waals surface area contributed by atoms with Gasteiger partial charge in [-0.05, 0) is 30.2 Å². The monoisotopic (exact) mass is 197 g/mol. The summed E-state index contributed by atoms with van der Waals surface area (Å²) in [6.45, 7) is 2.67. The molecule has 0 heterocycles. The van der Waals surface area contributed by atoms with Crippen LogP contribution >= 0.6 is 11.6 Å². The Morgan fingerprint density at radius 2 is 2.00 bits per heavy atom. The van der Waals surface area contributed by atoms with Crippen LogP contribution in [0, 0.1) is 0 Å². The molecule has 0 bridgehead atoms. The van der Waals surface area contributed by atoms with Crippen molar-refractivity contribution in [2.45, 2.75) is 13.3 Å². The van der Waals surface area contributed by atoms with Gasteiger partial charge in [0.15, 0.2) is 0 Å². The van der Waals surface area contributed by atoms with Crippen LogP contribution < -0.4 is 4.90 Å². The predicted octanol–water partition coefficient (Wildman–Crippen LogP) is 3.26. The Bertz CT molecular complexity index is 274. The van der Waals surface area contributed by atoms with Gasteiger partial charge in [0.05, 0.1) is 0 Å². The SMILES string of the molecule is CCCN(C(=O)Cl)c1ccccc1. The van der Waals surface area contributed by atoms with E-state index in [4.69, 9.17) is 11.6 Å². The maximum absolute atomic E-state index is 11.0. The van der Waals surface area contributed by atoms with E-state index in [0.29, 0.717) is 6.54 Å². The van der Waals surface area contributed by atoms with E-state index in [1.54, 1.807) is 4.90 Å². The first-order valence-corrected chi connectivity index (χ1v) is 4.65. The van der Waals surface area contributed by atoms with Crippen LogP contribution in [0.15, 0.2) is 30.3 Å². The standard InChI is InChI=1S/C10H12ClNO/c1-2-8-12(10(11)13)9-6-4-3-5-7-9/h3-7H,2,8H2,1H3. The highest BCUT2D eigenvalue weighted by atomic mass is 35.5. The summed E-state index contributed by atoms with van der Waals surface area (Å²) in [5.41, 5.74) is 0.851. The molecule has 0 atom stereocenters. The Kier molecular flexibility index (Phi) is 3.77. The van der Waals surface area contributed by atoms with Gasteiger partial charge in [-0.25, -0.2) is 0 Å². The molecular weight excluding hydrogens is 186 g/mol. The lowest BCUT2D eigenvalue weighted by Crippen LogP contribution is -2.26. The zero-order chi connectivity index (χ0) is 9.68. The highest BCUT2D eigenvalue weighted by Gasteiger charge is 2.10. The fourth-order valence-electron chi connectivity index (χ4n) is 1.15. The summed E-state index contributed by atoms with van der Waals surface area (Å²) in [7, 11) is 0. The molecule has 2 nitrogen and oxygen atoms in total. The van der Waals surface area contributed by atoms with Gasteiger partial charge in [0.25, 0.3) is 0 Å². The third kappa shape index (κ3) is 2.74. The van der Waals surface area contributed by atoms with Crippen molar-refractivity contribution in [2.75, 3.05) is 11.4 Å². The van der Waals surface area contributed by atoms with Crippen molar-refractivity contribution >= 4 is 22.7 Å². The second-order valence-corrected chi connectivity index (χ2v) is 3.06. The number of hydrogen-bond acceptors (Lipinski definition) is 1. The molecule has 1 aromatic rings. The molecular formula is C10H12ClNO. The third-order valence-corrected chi connectivity index (χ3v) is 1.93. The molecule has 1 amide bonds. The Hall–Kier alpha value is -1.02. The van der Waals surface area contributed by atoms with Gasteiger partial charge < -0.3 is 0 Å². The first-order chi connectivity index (χ1) is 6.25. The maximum Gasteiger partial charge on any atom is 0.320 e. The summed E-state index contributed by atoms with van der Waals surface area (Å²) >= 11 is 5.44. The summed E-state index contributed by atoms with van der Waals surface area (Å²) in [6.07, 6.45) is 0.896. The van der Waals surface area contributed by atoms with Crippen molar-refractivity contribution in [1.29, 1.82) is 0 Å². The number of nitrogens with zero attached hydrogens (tertiary/aromatic N) is 1. The first-order valence-electron chi connectivity index (χ1n) is 4.27. The highest BCUT2D eigenvalue weighted by Crippen LogP contribution is 2.15. The minimum Gasteiger partial charge on any atom is -0.299 e. The molecule has 1 rings (SSSR count). The van der Waals surface area contributed by atoms with Crippen molar-refractivity contribution in [2.24, 2.45) is 0 Å². The molecule has 0 saturated carbocycles. The van der Waals surface area contributed by atoms with E-state index in [-0.39, 0.29) is 0 Å². The van der Waals surface area contributed by atoms with Gasteiger partial charge in [0, 0.05) is 12.2 Å². The Balaban J connectivity index is 2.82. The van der Waals surface area contributed by atoms with Crippen LogP contribution in [-0.2, 0) is 0 Å². The zero-order valence-electron chi connectivity index (χ0n) is 7.53. The van der Waals surface area contributed by atoms with E-state index in [1.807, 2.05) is 37.3 Å². The average molecular weight is 198 g/mol. The summed E-state index contributed by atoms with van der Waals surface area (Å²) < 4.78 is 0. The van der Waals surface area contributed by atoms with E-state index >= 15 is 0 Å². The molecule has 0 aliphatic carbocycles. The van der Waals surface area contributed by atoms with Crippen molar-refractivity contribution in [3.63, 3.8) is 0 Å².